The molecule has 4 heterocycles. The van der Waals surface area contributed by atoms with E-state index >= 15 is 4.39 Å². The summed E-state index contributed by atoms with van der Waals surface area (Å²) in [6.45, 7) is -2.89. The van der Waals surface area contributed by atoms with Gasteiger partial charge < -0.3 is 10.1 Å². The first-order valence-corrected chi connectivity index (χ1v) is 13.7. The Morgan fingerprint density at radius 2 is 1.87 bits per heavy atom. The Morgan fingerprint density at radius 1 is 1.07 bits per heavy atom. The molecule has 1 aliphatic heterocycles. The van der Waals surface area contributed by atoms with Gasteiger partial charge in [0.2, 0.25) is 0 Å². The molecule has 0 spiro atoms. The number of hydrogen-bond acceptors (Lipinski definition) is 5. The Morgan fingerprint density at radius 3 is 2.58 bits per heavy atom. The third kappa shape index (κ3) is 6.13. The number of pyridine rings is 1. The number of nitrogens with zero attached hydrogens (tertiary/aromatic N) is 5. The predicted octanol–water partition coefficient (Wildman–Crippen LogP) is 5.89. The van der Waals surface area contributed by atoms with Gasteiger partial charge in [-0.1, -0.05) is 35.0 Å². The quantitative estimate of drug-likeness (QED) is 0.154. The van der Waals surface area contributed by atoms with Crippen molar-refractivity contribution in [1.29, 1.82) is 0 Å². The van der Waals surface area contributed by atoms with Crippen molar-refractivity contribution in [2.75, 3.05) is 6.61 Å². The molecular weight excluding hydrogens is 628 g/mol. The van der Waals surface area contributed by atoms with Crippen LogP contribution in [0.4, 0.5) is 26.3 Å². The van der Waals surface area contributed by atoms with Gasteiger partial charge >= 0.3 is 18.5 Å². The molecule has 1 aliphatic rings. The molecule has 9 nitrogen and oxygen atoms in total. The van der Waals surface area contributed by atoms with E-state index in [9.17, 15) is 26.7 Å². The van der Waals surface area contributed by atoms with Crippen molar-refractivity contribution in [3.05, 3.63) is 101 Å². The van der Waals surface area contributed by atoms with Gasteiger partial charge in [0.1, 0.15) is 0 Å². The average Bonchev–Trinajstić information content (AvgIpc) is 3.77. The minimum Gasteiger partial charge on any atom is -0.348 e. The number of rotatable bonds is 9. The van der Waals surface area contributed by atoms with Crippen molar-refractivity contribution in [1.82, 2.24) is 30.4 Å². The number of aromatic nitrogens is 6. The zero-order valence-electron chi connectivity index (χ0n) is 22.8. The molecule has 1 atom stereocenters. The lowest BCUT2D eigenvalue weighted by Gasteiger charge is -2.18. The van der Waals surface area contributed by atoms with E-state index in [0.717, 1.165) is 15.8 Å². The summed E-state index contributed by atoms with van der Waals surface area (Å²) in [4.78, 5) is 16.6. The Bertz CT molecular complexity index is 1870. The second-order valence-electron chi connectivity index (χ2n) is 10.0. The molecule has 0 fully saturated rings. The largest absolute Gasteiger partial charge is 0.464 e. The molecule has 1 unspecified atom stereocenters. The number of benzene rings is 2. The number of amides is 1. The zero-order valence-corrected chi connectivity index (χ0v) is 23.6. The third-order valence-corrected chi connectivity index (χ3v) is 7.54. The van der Waals surface area contributed by atoms with Gasteiger partial charge in [-0.05, 0) is 41.8 Å². The first-order chi connectivity index (χ1) is 21.5. The molecule has 6 rings (SSSR count). The monoisotopic (exact) mass is 648 g/mol. The van der Waals surface area contributed by atoms with E-state index in [0.29, 0.717) is 29.6 Å². The number of carbonyl (C=O) groups excluding carboxylic acids is 1. The molecule has 16 heteroatoms. The molecule has 2 aromatic carbocycles. The molecule has 0 bridgehead atoms. The van der Waals surface area contributed by atoms with E-state index in [-0.39, 0.29) is 40.8 Å². The predicted molar refractivity (Wildman–Crippen MR) is 147 cm³/mol. The van der Waals surface area contributed by atoms with Gasteiger partial charge in [-0.15, -0.1) is 4.68 Å². The number of fused-ring (bicyclic) bond motifs is 1. The normalized spacial score (nSPS) is 13.7. The molecule has 232 valence electrons. The van der Waals surface area contributed by atoms with Crippen molar-refractivity contribution < 1.29 is 40.6 Å². The standard InChI is InChI=1S/C29H20ClF6N7O2/c30-20-4-6-23(43-14-24(40-41-43)29(34,35)36)25(26(20)31)17-3-5-21(37-11-17)22(7-8-45-28(32)33)42-13-18(12-39-42)15-1-2-16-10-38-27(44)19(16)9-15/h1-6,9,11-14,22,28H,7-8,10H2,(H,38,44)/p+1. The van der Waals surface area contributed by atoms with Crippen LogP contribution in [-0.4, -0.2) is 44.2 Å². The number of nitrogens with one attached hydrogen (secondary N) is 2. The van der Waals surface area contributed by atoms with Gasteiger partial charge in [-0.3, -0.25) is 14.5 Å². The second-order valence-corrected chi connectivity index (χ2v) is 10.4. The molecule has 2 N–H and O–H groups in total. The summed E-state index contributed by atoms with van der Waals surface area (Å²) in [5.74, 6) is -1.09. The van der Waals surface area contributed by atoms with Crippen molar-refractivity contribution >= 4 is 17.5 Å². The number of hydrogen-bond donors (Lipinski definition) is 2. The van der Waals surface area contributed by atoms with Crippen LogP contribution in [0.5, 0.6) is 0 Å². The van der Waals surface area contributed by atoms with Crippen LogP contribution < -0.4 is 10.00 Å². The van der Waals surface area contributed by atoms with Gasteiger partial charge in [0.05, 0.1) is 40.2 Å². The van der Waals surface area contributed by atoms with Crippen molar-refractivity contribution in [2.24, 2.45) is 0 Å². The first kappa shape index (κ1) is 30.3. The summed E-state index contributed by atoms with van der Waals surface area (Å²) >= 11 is 6.02. The fourth-order valence-electron chi connectivity index (χ4n) is 5.05. The smallest absolute Gasteiger partial charge is 0.348 e. The topological polar surface area (TPSA) is 102 Å². The van der Waals surface area contributed by atoms with Crippen molar-refractivity contribution in [3.8, 4) is 27.9 Å². The number of aromatic amines is 1. The van der Waals surface area contributed by atoms with Gasteiger partial charge in [0, 0.05) is 35.6 Å². The van der Waals surface area contributed by atoms with Crippen molar-refractivity contribution in [3.63, 3.8) is 0 Å². The highest BCUT2D eigenvalue weighted by atomic mass is 35.5. The Labute approximate surface area is 255 Å². The molecule has 0 aliphatic carbocycles. The van der Waals surface area contributed by atoms with Crippen LogP contribution in [0.15, 0.2) is 67.3 Å². The average molecular weight is 649 g/mol. The lowest BCUT2D eigenvalue weighted by Crippen LogP contribution is -2.33. The van der Waals surface area contributed by atoms with Crippen LogP contribution in [0.1, 0.15) is 39.8 Å². The van der Waals surface area contributed by atoms with Crippen LogP contribution in [0.2, 0.25) is 5.02 Å². The molecule has 45 heavy (non-hydrogen) atoms. The number of H-pyrrole nitrogens is 1. The summed E-state index contributed by atoms with van der Waals surface area (Å²) in [7, 11) is 0. The summed E-state index contributed by atoms with van der Waals surface area (Å²) in [6, 6.07) is 10.2. The summed E-state index contributed by atoms with van der Waals surface area (Å²) in [6.07, 6.45) is 0.509. The molecule has 5 aromatic rings. The van der Waals surface area contributed by atoms with Gasteiger partial charge in [0.25, 0.3) is 5.91 Å². The molecule has 1 amide bonds. The SMILES string of the molecule is O=C1NCc2ccc(-c3cnn(C(CCOC(F)F)c4ccc(-c5c(-[n+]6cc(C(F)(F)F)n[nH]6)ccc(Cl)c5F)cn4)c3)cc21. The fraction of sp³-hybridized carbons (Fsp3) is 0.207. The van der Waals surface area contributed by atoms with Crippen LogP contribution in [-0.2, 0) is 17.5 Å². The van der Waals surface area contributed by atoms with E-state index in [1.54, 1.807) is 18.5 Å². The highest BCUT2D eigenvalue weighted by Crippen LogP contribution is 2.34. The van der Waals surface area contributed by atoms with Crippen LogP contribution in [0.3, 0.4) is 0 Å². The Kier molecular flexibility index (Phi) is 8.05. The molecule has 0 saturated heterocycles. The minimum absolute atomic E-state index is 0.0175. The minimum atomic E-state index is -4.74. The van der Waals surface area contributed by atoms with Gasteiger partial charge in [0.15, 0.2) is 17.7 Å². The van der Waals surface area contributed by atoms with E-state index in [1.807, 2.05) is 12.1 Å². The van der Waals surface area contributed by atoms with Gasteiger partial charge in [-0.2, -0.15) is 27.1 Å². The highest BCUT2D eigenvalue weighted by molar-refractivity contribution is 6.31. The van der Waals surface area contributed by atoms with Crippen LogP contribution in [0, 0.1) is 5.82 Å². The van der Waals surface area contributed by atoms with Crippen LogP contribution in [0.25, 0.3) is 27.9 Å². The van der Waals surface area contributed by atoms with E-state index < -0.39 is 30.3 Å². The Hall–Kier alpha value is -4.76. The number of alkyl halides is 5. The number of carbonyl (C=O) groups is 1. The lowest BCUT2D eigenvalue weighted by molar-refractivity contribution is -0.659. The van der Waals surface area contributed by atoms with Crippen molar-refractivity contribution in [2.45, 2.75) is 31.8 Å². The summed E-state index contributed by atoms with van der Waals surface area (Å²) in [5.41, 5.74) is 1.95. The molecule has 3 aromatic heterocycles. The van der Waals surface area contributed by atoms with Crippen LogP contribution >= 0.6 is 11.6 Å². The fourth-order valence-corrected chi connectivity index (χ4v) is 5.21. The molecular formula is C29H21ClF6N7O2+. The molecule has 0 saturated carbocycles. The first-order valence-electron chi connectivity index (χ1n) is 13.3. The second kappa shape index (κ2) is 12.0. The van der Waals surface area contributed by atoms with E-state index in [4.69, 9.17) is 11.6 Å². The summed E-state index contributed by atoms with van der Waals surface area (Å²) in [5, 5.41) is 12.4. The Balaban J connectivity index is 1.34. The lowest BCUT2D eigenvalue weighted by atomic mass is 10.0. The summed E-state index contributed by atoms with van der Waals surface area (Å²) < 4.78 is 87.4. The number of halogens is 7. The zero-order chi connectivity index (χ0) is 31.9. The highest BCUT2D eigenvalue weighted by Gasteiger charge is 2.41. The maximum Gasteiger partial charge on any atom is 0.464 e. The number of ether oxygens (including phenoxy) is 1. The maximum atomic E-state index is 15.4. The van der Waals surface area contributed by atoms with E-state index in [1.165, 1.54) is 35.1 Å². The maximum absolute atomic E-state index is 15.4. The van der Waals surface area contributed by atoms with E-state index in [2.05, 4.69) is 30.4 Å². The third-order valence-electron chi connectivity index (χ3n) is 7.25. The molecule has 0 radical (unpaired) electrons. The van der Waals surface area contributed by atoms with Gasteiger partial charge in [-0.25, -0.2) is 4.39 Å².